The number of likely N-dealkylation sites (tertiary alicyclic amines) is 1. The third-order valence-electron chi connectivity index (χ3n) is 3.09. The molecule has 2 unspecified atom stereocenters. The first kappa shape index (κ1) is 11.1. The lowest BCUT2D eigenvalue weighted by molar-refractivity contribution is -0.135. The summed E-state index contributed by atoms with van der Waals surface area (Å²) in [5.41, 5.74) is 5.87. The minimum Gasteiger partial charge on any atom is -0.338 e. The summed E-state index contributed by atoms with van der Waals surface area (Å²) in [7, 11) is 0. The van der Waals surface area contributed by atoms with Crippen molar-refractivity contribution in [1.82, 2.24) is 14.7 Å². The van der Waals surface area contributed by atoms with Crippen LogP contribution in [0.3, 0.4) is 0 Å². The van der Waals surface area contributed by atoms with E-state index in [4.69, 9.17) is 5.73 Å². The number of piperidine rings is 1. The molecule has 1 aliphatic heterocycles. The summed E-state index contributed by atoms with van der Waals surface area (Å²) in [6.45, 7) is 3.15. The molecule has 0 aliphatic carbocycles. The number of carbonyl (C=O) groups excluding carboxylic acids is 1. The van der Waals surface area contributed by atoms with E-state index < -0.39 is 0 Å². The Morgan fingerprint density at radius 1 is 1.62 bits per heavy atom. The Morgan fingerprint density at radius 3 is 3.06 bits per heavy atom. The van der Waals surface area contributed by atoms with Crippen molar-refractivity contribution in [2.45, 2.75) is 38.4 Å². The number of rotatable bonds is 2. The van der Waals surface area contributed by atoms with Gasteiger partial charge in [0.05, 0.1) is 0 Å². The molecule has 0 radical (unpaired) electrons. The van der Waals surface area contributed by atoms with Crippen molar-refractivity contribution in [2.24, 2.45) is 5.73 Å². The summed E-state index contributed by atoms with van der Waals surface area (Å²) in [6, 6.07) is 2.30. The lowest BCUT2D eigenvalue weighted by atomic mass is 9.99. The van der Waals surface area contributed by atoms with Gasteiger partial charge in [0.1, 0.15) is 6.54 Å². The molecule has 0 aromatic carbocycles. The predicted octanol–water partition coefficient (Wildman–Crippen LogP) is 0.221. The summed E-state index contributed by atoms with van der Waals surface area (Å²) in [6.07, 6.45) is 5.28. The topological polar surface area (TPSA) is 64.2 Å². The van der Waals surface area contributed by atoms with Crippen LogP contribution < -0.4 is 5.73 Å². The second-order valence-corrected chi connectivity index (χ2v) is 4.42. The zero-order chi connectivity index (χ0) is 11.5. The first-order chi connectivity index (χ1) is 7.66. The van der Waals surface area contributed by atoms with Crippen molar-refractivity contribution >= 4 is 5.91 Å². The third-order valence-corrected chi connectivity index (χ3v) is 3.09. The Labute approximate surface area is 95.2 Å². The quantitative estimate of drug-likeness (QED) is 0.778. The fourth-order valence-corrected chi connectivity index (χ4v) is 2.20. The lowest BCUT2D eigenvalue weighted by Gasteiger charge is -2.36. The van der Waals surface area contributed by atoms with Gasteiger partial charge in [-0.05, 0) is 25.8 Å². The molecule has 88 valence electrons. The van der Waals surface area contributed by atoms with E-state index in [0.29, 0.717) is 6.54 Å². The molecule has 1 aromatic heterocycles. The summed E-state index contributed by atoms with van der Waals surface area (Å²) in [4.78, 5) is 13.9. The average molecular weight is 222 g/mol. The zero-order valence-electron chi connectivity index (χ0n) is 9.54. The average Bonchev–Trinajstić information content (AvgIpc) is 2.70. The Hall–Kier alpha value is -1.36. The van der Waals surface area contributed by atoms with E-state index in [0.717, 1.165) is 19.4 Å². The molecule has 0 spiro atoms. The molecule has 2 N–H and O–H groups in total. The Bertz CT molecular complexity index is 349. The van der Waals surface area contributed by atoms with Crippen molar-refractivity contribution in [1.29, 1.82) is 0 Å². The first-order valence-corrected chi connectivity index (χ1v) is 5.69. The van der Waals surface area contributed by atoms with Gasteiger partial charge in [0.25, 0.3) is 0 Å². The highest BCUT2D eigenvalue weighted by Crippen LogP contribution is 2.16. The van der Waals surface area contributed by atoms with Gasteiger partial charge >= 0.3 is 0 Å². The van der Waals surface area contributed by atoms with Gasteiger partial charge in [-0.1, -0.05) is 0 Å². The number of nitrogens with two attached hydrogens (primary N) is 1. The molecule has 5 heteroatoms. The van der Waals surface area contributed by atoms with Crippen LogP contribution in [0.5, 0.6) is 0 Å². The number of hydrogen-bond donors (Lipinski definition) is 1. The highest BCUT2D eigenvalue weighted by molar-refractivity contribution is 5.76. The van der Waals surface area contributed by atoms with Crippen LogP contribution in [0.1, 0.15) is 19.8 Å². The molecule has 1 aliphatic rings. The molecule has 2 atom stereocenters. The molecule has 0 bridgehead atoms. The second-order valence-electron chi connectivity index (χ2n) is 4.42. The van der Waals surface area contributed by atoms with Crippen molar-refractivity contribution in [3.8, 4) is 0 Å². The van der Waals surface area contributed by atoms with E-state index in [1.165, 1.54) is 0 Å². The van der Waals surface area contributed by atoms with E-state index in [1.807, 2.05) is 11.0 Å². The van der Waals surface area contributed by atoms with Crippen LogP contribution in [0.15, 0.2) is 18.5 Å². The fraction of sp³-hybridized carbons (Fsp3) is 0.636. The standard InChI is InChI=1S/C11H18N4O/c1-9-7-10(12)3-6-15(9)11(16)8-14-5-2-4-13-14/h2,4-5,9-10H,3,6-8,12H2,1H3. The highest BCUT2D eigenvalue weighted by atomic mass is 16.2. The molecule has 1 amide bonds. The molecule has 5 nitrogen and oxygen atoms in total. The largest absolute Gasteiger partial charge is 0.338 e. The van der Waals surface area contributed by atoms with Crippen LogP contribution in [0.25, 0.3) is 0 Å². The van der Waals surface area contributed by atoms with Gasteiger partial charge in [-0.15, -0.1) is 0 Å². The summed E-state index contributed by atoms with van der Waals surface area (Å²) < 4.78 is 1.66. The predicted molar refractivity (Wildman–Crippen MR) is 60.6 cm³/mol. The van der Waals surface area contributed by atoms with E-state index in [2.05, 4.69) is 12.0 Å². The second kappa shape index (κ2) is 4.65. The van der Waals surface area contributed by atoms with Crippen LogP contribution >= 0.6 is 0 Å². The number of hydrogen-bond acceptors (Lipinski definition) is 3. The number of aromatic nitrogens is 2. The van der Waals surface area contributed by atoms with Crippen LogP contribution in [0, 0.1) is 0 Å². The van der Waals surface area contributed by atoms with Crippen LogP contribution in [0.2, 0.25) is 0 Å². The van der Waals surface area contributed by atoms with Crippen molar-refractivity contribution in [3.05, 3.63) is 18.5 Å². The molecule has 1 saturated heterocycles. The van der Waals surface area contributed by atoms with E-state index in [9.17, 15) is 4.79 Å². The fourth-order valence-electron chi connectivity index (χ4n) is 2.20. The molecular weight excluding hydrogens is 204 g/mol. The minimum atomic E-state index is 0.128. The highest BCUT2D eigenvalue weighted by Gasteiger charge is 2.26. The smallest absolute Gasteiger partial charge is 0.244 e. The normalized spacial score (nSPS) is 25.8. The van der Waals surface area contributed by atoms with Crippen molar-refractivity contribution in [3.63, 3.8) is 0 Å². The van der Waals surface area contributed by atoms with Gasteiger partial charge in [0.2, 0.25) is 5.91 Å². The van der Waals surface area contributed by atoms with Crippen molar-refractivity contribution < 1.29 is 4.79 Å². The monoisotopic (exact) mass is 222 g/mol. The summed E-state index contributed by atoms with van der Waals surface area (Å²) in [5.74, 6) is 0.128. The summed E-state index contributed by atoms with van der Waals surface area (Å²) >= 11 is 0. The molecule has 2 heterocycles. The molecule has 1 fully saturated rings. The minimum absolute atomic E-state index is 0.128. The van der Waals surface area contributed by atoms with Gasteiger partial charge in [-0.2, -0.15) is 5.10 Å². The van der Waals surface area contributed by atoms with Gasteiger partial charge in [0, 0.05) is 31.0 Å². The maximum Gasteiger partial charge on any atom is 0.244 e. The number of nitrogens with zero attached hydrogens (tertiary/aromatic N) is 3. The van der Waals surface area contributed by atoms with Gasteiger partial charge in [-0.25, -0.2) is 0 Å². The Balaban J connectivity index is 1.94. The Morgan fingerprint density at radius 2 is 2.44 bits per heavy atom. The summed E-state index contributed by atoms with van der Waals surface area (Å²) in [5, 5.41) is 4.04. The number of carbonyl (C=O) groups is 1. The third kappa shape index (κ3) is 2.41. The van der Waals surface area contributed by atoms with Crippen LogP contribution in [-0.2, 0) is 11.3 Å². The molecule has 0 saturated carbocycles. The molecule has 2 rings (SSSR count). The number of amides is 1. The SMILES string of the molecule is CC1CC(N)CCN1C(=O)Cn1cccn1. The maximum absolute atomic E-state index is 12.0. The van der Waals surface area contributed by atoms with Gasteiger partial charge in [0.15, 0.2) is 0 Å². The van der Waals surface area contributed by atoms with E-state index in [-0.39, 0.29) is 18.0 Å². The molecule has 16 heavy (non-hydrogen) atoms. The van der Waals surface area contributed by atoms with E-state index >= 15 is 0 Å². The van der Waals surface area contributed by atoms with Gasteiger partial charge in [-0.3, -0.25) is 9.48 Å². The van der Waals surface area contributed by atoms with Crippen molar-refractivity contribution in [2.75, 3.05) is 6.54 Å². The maximum atomic E-state index is 12.0. The lowest BCUT2D eigenvalue weighted by Crippen LogP contribution is -2.49. The zero-order valence-corrected chi connectivity index (χ0v) is 9.54. The Kier molecular flexibility index (Phi) is 3.24. The first-order valence-electron chi connectivity index (χ1n) is 5.69. The molecular formula is C11H18N4O. The molecule has 1 aromatic rings. The van der Waals surface area contributed by atoms with Crippen LogP contribution in [0.4, 0.5) is 0 Å². The van der Waals surface area contributed by atoms with Gasteiger partial charge < -0.3 is 10.6 Å². The van der Waals surface area contributed by atoms with E-state index in [1.54, 1.807) is 17.1 Å². The van der Waals surface area contributed by atoms with Crippen LogP contribution in [-0.4, -0.2) is 39.2 Å².